The van der Waals surface area contributed by atoms with Crippen LogP contribution >= 0.6 is 11.6 Å². The molecule has 0 aliphatic rings. The van der Waals surface area contributed by atoms with E-state index in [-0.39, 0.29) is 23.0 Å². The van der Waals surface area contributed by atoms with E-state index in [1.54, 1.807) is 48.9 Å². The van der Waals surface area contributed by atoms with Gasteiger partial charge in [-0.15, -0.1) is 0 Å². The van der Waals surface area contributed by atoms with E-state index in [1.807, 2.05) is 0 Å². The van der Waals surface area contributed by atoms with Gasteiger partial charge in [-0.05, 0) is 48.9 Å². The number of anilines is 2. The molecule has 5 rings (SSSR count). The fourth-order valence-corrected chi connectivity index (χ4v) is 4.82. The van der Waals surface area contributed by atoms with Crippen molar-refractivity contribution in [2.75, 3.05) is 11.1 Å². The summed E-state index contributed by atoms with van der Waals surface area (Å²) in [5, 5.41) is 13.4. The van der Waals surface area contributed by atoms with Crippen LogP contribution < -0.4 is 15.8 Å². The van der Waals surface area contributed by atoms with Crippen molar-refractivity contribution in [2.24, 2.45) is 7.05 Å². The van der Waals surface area contributed by atoms with Crippen molar-refractivity contribution in [3.05, 3.63) is 89.4 Å². The van der Waals surface area contributed by atoms with Gasteiger partial charge in [-0.25, -0.2) is 9.97 Å². The topological polar surface area (TPSA) is 132 Å². The van der Waals surface area contributed by atoms with Crippen LogP contribution in [-0.2, 0) is 18.0 Å². The molecule has 9 nitrogen and oxygen atoms in total. The average Bonchev–Trinajstić information content (AvgIpc) is 3.27. The number of ether oxygens (including phenoxy) is 1. The number of nitrogen functional groups attached to an aromatic ring is 1. The molecule has 3 heterocycles. The lowest BCUT2D eigenvalue weighted by Crippen LogP contribution is -2.11. The van der Waals surface area contributed by atoms with E-state index in [9.17, 15) is 23.2 Å². The van der Waals surface area contributed by atoms with Gasteiger partial charge in [0.2, 0.25) is 0 Å². The van der Waals surface area contributed by atoms with Crippen molar-refractivity contribution >= 4 is 39.9 Å². The van der Waals surface area contributed by atoms with Gasteiger partial charge >= 0.3 is 12.2 Å². The predicted molar refractivity (Wildman–Crippen MR) is 156 cm³/mol. The number of carbonyl (C=O) groups is 1. The molecule has 0 atom stereocenters. The Morgan fingerprint density at radius 1 is 1.16 bits per heavy atom. The van der Waals surface area contributed by atoms with Crippen LogP contribution in [0, 0.1) is 11.3 Å². The number of alkyl halides is 3. The first-order chi connectivity index (χ1) is 20.4. The number of hydrogen-bond donors (Lipinski definition) is 2. The van der Waals surface area contributed by atoms with E-state index < -0.39 is 17.9 Å². The molecule has 3 N–H and O–H groups in total. The first-order valence-corrected chi connectivity index (χ1v) is 12.9. The SMILES string of the molecule is C=C(C)C(=O)Nc1ccc(-c2c(-c3ccc(Oc4nccc(C(F)(F)F)n4)cc3)c3c(N)ncc(C#N)c3n2C)c(Cl)c1. The smallest absolute Gasteiger partial charge is 0.424 e. The Morgan fingerprint density at radius 2 is 1.88 bits per heavy atom. The van der Waals surface area contributed by atoms with Crippen molar-refractivity contribution in [3.8, 4) is 40.2 Å². The van der Waals surface area contributed by atoms with Crippen LogP contribution in [0.5, 0.6) is 11.8 Å². The number of halogens is 4. The van der Waals surface area contributed by atoms with Gasteiger partial charge in [-0.3, -0.25) is 4.79 Å². The maximum atomic E-state index is 13.1. The molecular formula is C30H21ClF3N7O2. The number of nitriles is 1. The summed E-state index contributed by atoms with van der Waals surface area (Å²) < 4.78 is 46.5. The number of carbonyl (C=O) groups excluding carboxylic acids is 1. The minimum atomic E-state index is -4.65. The molecule has 5 aromatic rings. The average molecular weight is 604 g/mol. The van der Waals surface area contributed by atoms with Gasteiger partial charge in [0.1, 0.15) is 17.6 Å². The summed E-state index contributed by atoms with van der Waals surface area (Å²) in [6.45, 7) is 5.22. The minimum Gasteiger partial charge on any atom is -0.424 e. The molecule has 2 aromatic carbocycles. The van der Waals surface area contributed by atoms with Crippen molar-refractivity contribution in [1.29, 1.82) is 5.26 Å². The van der Waals surface area contributed by atoms with Gasteiger partial charge in [-0.2, -0.15) is 23.4 Å². The number of rotatable bonds is 6. The largest absolute Gasteiger partial charge is 0.433 e. The van der Waals surface area contributed by atoms with E-state index in [0.717, 1.165) is 12.3 Å². The molecule has 13 heteroatoms. The van der Waals surface area contributed by atoms with Crippen molar-refractivity contribution in [1.82, 2.24) is 19.5 Å². The highest BCUT2D eigenvalue weighted by Gasteiger charge is 2.33. The maximum Gasteiger partial charge on any atom is 0.433 e. The van der Waals surface area contributed by atoms with E-state index in [0.29, 0.717) is 49.6 Å². The van der Waals surface area contributed by atoms with Gasteiger partial charge in [-0.1, -0.05) is 30.3 Å². The molecular weight excluding hydrogens is 583 g/mol. The van der Waals surface area contributed by atoms with Crippen molar-refractivity contribution in [3.63, 3.8) is 0 Å². The van der Waals surface area contributed by atoms with Crippen LogP contribution in [0.15, 0.2) is 73.1 Å². The Bertz CT molecular complexity index is 1960. The third-order valence-electron chi connectivity index (χ3n) is 6.50. The number of nitrogens with one attached hydrogen (secondary N) is 1. The number of pyridine rings is 1. The molecule has 0 spiro atoms. The first kappa shape index (κ1) is 29.1. The van der Waals surface area contributed by atoms with E-state index in [2.05, 4.69) is 32.9 Å². The molecule has 0 aliphatic carbocycles. The van der Waals surface area contributed by atoms with Gasteiger partial charge in [0.25, 0.3) is 5.91 Å². The Balaban J connectivity index is 1.63. The van der Waals surface area contributed by atoms with E-state index in [4.69, 9.17) is 22.1 Å². The van der Waals surface area contributed by atoms with Gasteiger partial charge < -0.3 is 20.4 Å². The molecule has 0 unspecified atom stereocenters. The molecule has 0 fully saturated rings. The number of hydrogen-bond acceptors (Lipinski definition) is 7. The lowest BCUT2D eigenvalue weighted by atomic mass is 9.97. The fourth-order valence-electron chi connectivity index (χ4n) is 4.55. The highest BCUT2D eigenvalue weighted by Crippen LogP contribution is 2.45. The van der Waals surface area contributed by atoms with Gasteiger partial charge in [0.15, 0.2) is 5.69 Å². The lowest BCUT2D eigenvalue weighted by molar-refractivity contribution is -0.141. The monoisotopic (exact) mass is 603 g/mol. The second kappa shape index (κ2) is 11.1. The minimum absolute atomic E-state index is 0.171. The second-order valence-corrected chi connectivity index (χ2v) is 9.86. The zero-order chi connectivity index (χ0) is 31.1. The summed E-state index contributed by atoms with van der Waals surface area (Å²) in [7, 11) is 1.76. The highest BCUT2D eigenvalue weighted by atomic mass is 35.5. The third kappa shape index (κ3) is 5.58. The van der Waals surface area contributed by atoms with Gasteiger partial charge in [0.05, 0.1) is 27.2 Å². The molecule has 0 saturated carbocycles. The Hall–Kier alpha value is -5.41. The first-order valence-electron chi connectivity index (χ1n) is 12.5. The second-order valence-electron chi connectivity index (χ2n) is 9.45. The lowest BCUT2D eigenvalue weighted by Gasteiger charge is -2.13. The Labute approximate surface area is 248 Å². The molecule has 0 radical (unpaired) electrons. The standard InChI is InChI=1S/C30H21ClF3N7O2/c1-15(2)28(42)39-18-6-9-20(21(31)12-18)26-23(24-25(41(26)3)17(13-35)14-38-27(24)36)16-4-7-19(8-5-16)43-29-37-11-10-22(40-29)30(32,33)34/h4-12,14H,1H2,2-3H3,(H2,36,38)(H,39,42). The number of amides is 1. The third-order valence-corrected chi connectivity index (χ3v) is 6.82. The quantitative estimate of drug-likeness (QED) is 0.197. The summed E-state index contributed by atoms with van der Waals surface area (Å²) in [5.74, 6) is -0.00113. The Kier molecular flexibility index (Phi) is 7.52. The van der Waals surface area contributed by atoms with E-state index >= 15 is 0 Å². The summed E-state index contributed by atoms with van der Waals surface area (Å²) in [6, 6.07) is 13.9. The molecule has 0 aliphatic heterocycles. The zero-order valence-electron chi connectivity index (χ0n) is 22.6. The molecule has 43 heavy (non-hydrogen) atoms. The van der Waals surface area contributed by atoms with Crippen LogP contribution in [0.3, 0.4) is 0 Å². The summed E-state index contributed by atoms with van der Waals surface area (Å²) >= 11 is 6.75. The number of aryl methyl sites for hydroxylation is 1. The van der Waals surface area contributed by atoms with Crippen molar-refractivity contribution in [2.45, 2.75) is 13.1 Å². The fraction of sp³-hybridized carbons (Fsp3) is 0.100. The molecule has 0 bridgehead atoms. The van der Waals surface area contributed by atoms with Crippen LogP contribution in [0.25, 0.3) is 33.3 Å². The zero-order valence-corrected chi connectivity index (χ0v) is 23.4. The van der Waals surface area contributed by atoms with Crippen LogP contribution in [-0.4, -0.2) is 25.4 Å². The number of nitrogens with two attached hydrogens (primary N) is 1. The molecule has 0 saturated heterocycles. The van der Waals surface area contributed by atoms with Crippen molar-refractivity contribution < 1.29 is 22.7 Å². The summed E-state index contributed by atoms with van der Waals surface area (Å²) in [4.78, 5) is 23.5. The maximum absolute atomic E-state index is 13.1. The number of fused-ring (bicyclic) bond motifs is 1. The van der Waals surface area contributed by atoms with Crippen LogP contribution in [0.2, 0.25) is 5.02 Å². The van der Waals surface area contributed by atoms with Crippen LogP contribution in [0.1, 0.15) is 18.2 Å². The summed E-state index contributed by atoms with van der Waals surface area (Å²) in [5.41, 5.74) is 9.20. The molecule has 3 aromatic heterocycles. The van der Waals surface area contributed by atoms with Gasteiger partial charge in [0, 0.05) is 41.8 Å². The normalized spacial score (nSPS) is 11.3. The molecule has 216 valence electrons. The molecule has 1 amide bonds. The summed E-state index contributed by atoms with van der Waals surface area (Å²) in [6.07, 6.45) is -2.31. The highest BCUT2D eigenvalue weighted by molar-refractivity contribution is 6.34. The Morgan fingerprint density at radius 3 is 2.51 bits per heavy atom. The van der Waals surface area contributed by atoms with E-state index in [1.165, 1.54) is 18.3 Å². The number of nitrogens with zero attached hydrogens (tertiary/aromatic N) is 5. The predicted octanol–water partition coefficient (Wildman–Crippen LogP) is 7.13. The number of benzene rings is 2. The number of aromatic nitrogens is 4. The van der Waals surface area contributed by atoms with Crippen LogP contribution in [0.4, 0.5) is 24.7 Å².